The molecule has 0 aliphatic heterocycles. The largest absolute Gasteiger partial charge is 0.481 e. The van der Waals surface area contributed by atoms with E-state index >= 15 is 0 Å². The lowest BCUT2D eigenvalue weighted by atomic mass is 10.0. The topological polar surface area (TPSA) is 183 Å². The minimum absolute atomic E-state index is 0.0413. The maximum atomic E-state index is 12.8. The molecule has 0 bridgehead atoms. The Kier molecular flexibility index (Phi) is 25.2. The van der Waals surface area contributed by atoms with Crippen molar-refractivity contribution in [2.75, 3.05) is 19.8 Å². The number of allylic oxidation sites excluding steroid dienone is 1. The molecule has 15 heteroatoms. The van der Waals surface area contributed by atoms with Crippen LogP contribution in [-0.4, -0.2) is 60.6 Å². The Balaban J connectivity index is 0.000000287. The predicted octanol–water partition coefficient (Wildman–Crippen LogP) is 7.86. The number of ether oxygens (including phenoxy) is 3. The number of aliphatic carboxylic acids is 1. The summed E-state index contributed by atoms with van der Waals surface area (Å²) in [6, 6.07) is 19.1. The molecule has 2 saturated carbocycles. The van der Waals surface area contributed by atoms with Crippen LogP contribution in [0.25, 0.3) is 0 Å². The lowest BCUT2D eigenvalue weighted by Crippen LogP contribution is -2.36. The quantitative estimate of drug-likeness (QED) is 0.0743. The van der Waals surface area contributed by atoms with E-state index in [2.05, 4.69) is 10.6 Å². The summed E-state index contributed by atoms with van der Waals surface area (Å²) in [5.74, 6) is -2.62. The molecule has 3 unspecified atom stereocenters. The summed E-state index contributed by atoms with van der Waals surface area (Å²) in [6.07, 6.45) is 7.60. The molecule has 5 N–H and O–H groups in total. The van der Waals surface area contributed by atoms with Crippen LogP contribution >= 0.6 is 0 Å². The van der Waals surface area contributed by atoms with Gasteiger partial charge in [0.2, 0.25) is 0 Å². The highest BCUT2D eigenvalue weighted by Crippen LogP contribution is 2.28. The van der Waals surface area contributed by atoms with E-state index in [4.69, 9.17) is 29.8 Å². The number of carboxylic acid groups (broad SMARTS) is 1. The van der Waals surface area contributed by atoms with Gasteiger partial charge in [-0.05, 0) is 119 Å². The summed E-state index contributed by atoms with van der Waals surface area (Å²) in [6.45, 7) is 9.38. The first-order chi connectivity index (χ1) is 29.7. The molecule has 3 aromatic carbocycles. The van der Waals surface area contributed by atoms with Crippen molar-refractivity contribution in [3.05, 3.63) is 118 Å². The van der Waals surface area contributed by atoms with Crippen molar-refractivity contribution < 1.29 is 56.5 Å². The van der Waals surface area contributed by atoms with Gasteiger partial charge in [-0.1, -0.05) is 42.8 Å². The molecule has 6 rings (SSSR count). The van der Waals surface area contributed by atoms with Crippen LogP contribution in [0.15, 0.2) is 84.1 Å². The molecule has 340 valence electrons. The first-order valence-electron chi connectivity index (χ1n) is 21.1. The van der Waals surface area contributed by atoms with Crippen molar-refractivity contribution in [1.29, 1.82) is 0 Å². The van der Waals surface area contributed by atoms with Crippen LogP contribution in [0.3, 0.4) is 0 Å². The van der Waals surface area contributed by atoms with Gasteiger partial charge in [-0.25, -0.2) is 18.0 Å². The molecular formula is C47H62F3N3O9. The number of nitrogens with two attached hydrogens (primary N) is 1. The summed E-state index contributed by atoms with van der Waals surface area (Å²) in [5.41, 5.74) is 9.96. The van der Waals surface area contributed by atoms with Gasteiger partial charge in [0.15, 0.2) is 0 Å². The summed E-state index contributed by atoms with van der Waals surface area (Å²) in [5, 5.41) is 14.1. The molecule has 12 nitrogen and oxygen atoms in total. The van der Waals surface area contributed by atoms with Crippen molar-refractivity contribution in [3.8, 4) is 0 Å². The van der Waals surface area contributed by atoms with Gasteiger partial charge in [0.25, 0.3) is 5.97 Å². The van der Waals surface area contributed by atoms with Gasteiger partial charge >= 0.3 is 17.9 Å². The Morgan fingerprint density at radius 2 is 1.16 bits per heavy atom. The van der Waals surface area contributed by atoms with E-state index in [1.54, 1.807) is 50.2 Å². The number of Topliss-reactive ketones (excluding diaryl/α,β-unsaturated/α-hetero) is 1. The van der Waals surface area contributed by atoms with Crippen LogP contribution in [-0.2, 0) is 57.8 Å². The summed E-state index contributed by atoms with van der Waals surface area (Å²) < 4.78 is 52.6. The SMILES string of the molecule is CC(=O)O.CCOC(=O)C1=C(NCc2ccc(F)cc2)CCC1.CCOC(=O)C1CCCC1=O.CCOC(=O)C1CCCC1NCc1ccc(F)cc1.NCc1ccc(F)cc1. The van der Waals surface area contributed by atoms with Crippen LogP contribution in [0.2, 0.25) is 0 Å². The second-order valence-electron chi connectivity index (χ2n) is 14.4. The molecule has 62 heavy (non-hydrogen) atoms. The van der Waals surface area contributed by atoms with Crippen LogP contribution in [0, 0.1) is 29.3 Å². The smallest absolute Gasteiger partial charge is 0.335 e. The van der Waals surface area contributed by atoms with Gasteiger partial charge in [0, 0.05) is 44.7 Å². The van der Waals surface area contributed by atoms with Gasteiger partial charge in [-0.15, -0.1) is 0 Å². The first kappa shape index (κ1) is 52.6. The molecule has 0 heterocycles. The number of carboxylic acids is 1. The average Bonchev–Trinajstić information content (AvgIpc) is 4.03. The molecule has 0 amide bonds. The van der Waals surface area contributed by atoms with Gasteiger partial charge < -0.3 is 35.7 Å². The molecule has 3 aliphatic rings. The number of benzene rings is 3. The number of hydrogen-bond donors (Lipinski definition) is 4. The van der Waals surface area contributed by atoms with Gasteiger partial charge in [0.05, 0.1) is 31.3 Å². The number of carbonyl (C=O) groups is 5. The van der Waals surface area contributed by atoms with Crippen LogP contribution < -0.4 is 16.4 Å². The van der Waals surface area contributed by atoms with Crippen LogP contribution in [0.5, 0.6) is 0 Å². The summed E-state index contributed by atoms with van der Waals surface area (Å²) in [7, 11) is 0. The Morgan fingerprint density at radius 3 is 1.65 bits per heavy atom. The van der Waals surface area contributed by atoms with Gasteiger partial charge in [-0.3, -0.25) is 19.2 Å². The maximum Gasteiger partial charge on any atom is 0.335 e. The fourth-order valence-electron chi connectivity index (χ4n) is 6.71. The van der Waals surface area contributed by atoms with E-state index in [0.717, 1.165) is 79.8 Å². The lowest BCUT2D eigenvalue weighted by molar-refractivity contribution is -0.151. The standard InChI is InChI=1S/C15H20FNO2.C15H18FNO2.C8H12O3.C7H8FN.C2H4O2/c2*1-2-19-15(18)13-4-3-5-14(13)17-10-11-6-8-12(16)9-7-11;1-2-11-8(10)6-4-3-5-7(6)9;8-7-3-1-6(5-9)2-4-7;1-2(3)4/h6-9,13-14,17H,2-5,10H2,1H3;6-9,17H,2-5,10H2,1H3;6H,2-5H2,1H3;1-4H,5,9H2;1H3,(H,3,4). The van der Waals surface area contributed by atoms with Crippen molar-refractivity contribution in [1.82, 2.24) is 10.6 Å². The van der Waals surface area contributed by atoms with Crippen molar-refractivity contribution in [2.24, 2.45) is 17.6 Å². The number of ketones is 1. The highest BCUT2D eigenvalue weighted by Gasteiger charge is 2.34. The molecule has 3 aliphatic carbocycles. The molecule has 2 fully saturated rings. The van der Waals surface area contributed by atoms with E-state index < -0.39 is 11.9 Å². The second kappa shape index (κ2) is 29.7. The third-order valence-corrected chi connectivity index (χ3v) is 9.77. The molecule has 0 spiro atoms. The third kappa shape index (κ3) is 20.3. The Morgan fingerprint density at radius 1 is 0.661 bits per heavy atom. The zero-order valence-corrected chi connectivity index (χ0v) is 36.2. The van der Waals surface area contributed by atoms with Crippen molar-refractivity contribution >= 4 is 29.7 Å². The van der Waals surface area contributed by atoms with E-state index in [0.29, 0.717) is 52.3 Å². The van der Waals surface area contributed by atoms with Gasteiger partial charge in [-0.2, -0.15) is 0 Å². The highest BCUT2D eigenvalue weighted by atomic mass is 19.1. The number of esters is 3. The lowest BCUT2D eigenvalue weighted by Gasteiger charge is -2.19. The van der Waals surface area contributed by atoms with Gasteiger partial charge in [0.1, 0.15) is 29.2 Å². The number of rotatable bonds is 13. The highest BCUT2D eigenvalue weighted by molar-refractivity contribution is 6.00. The fourth-order valence-corrected chi connectivity index (χ4v) is 6.71. The van der Waals surface area contributed by atoms with E-state index in [9.17, 15) is 32.3 Å². The minimum Gasteiger partial charge on any atom is -0.481 e. The normalized spacial score (nSPS) is 17.4. The van der Waals surface area contributed by atoms with E-state index in [-0.39, 0.29) is 53.1 Å². The monoisotopic (exact) mass is 869 g/mol. The number of hydrogen-bond acceptors (Lipinski definition) is 11. The number of halogens is 3. The molecule has 0 saturated heterocycles. The van der Waals surface area contributed by atoms with Crippen LogP contribution in [0.4, 0.5) is 13.2 Å². The molecular weight excluding hydrogens is 808 g/mol. The molecule has 0 radical (unpaired) electrons. The Bertz CT molecular complexity index is 1850. The van der Waals surface area contributed by atoms with Crippen molar-refractivity contribution in [2.45, 2.75) is 111 Å². The number of nitrogens with one attached hydrogen (secondary N) is 2. The molecule has 3 aromatic rings. The predicted molar refractivity (Wildman–Crippen MR) is 228 cm³/mol. The Hall–Kier alpha value is -5.54. The third-order valence-electron chi connectivity index (χ3n) is 9.77. The molecule has 3 atom stereocenters. The second-order valence-corrected chi connectivity index (χ2v) is 14.4. The minimum atomic E-state index is -0.833. The first-order valence-corrected chi connectivity index (χ1v) is 21.1. The Labute approximate surface area is 362 Å². The molecule has 0 aromatic heterocycles. The maximum absolute atomic E-state index is 12.8. The average molecular weight is 870 g/mol. The fraction of sp³-hybridized carbons (Fsp3) is 0.468. The van der Waals surface area contributed by atoms with E-state index in [1.807, 2.05) is 6.92 Å². The summed E-state index contributed by atoms with van der Waals surface area (Å²) in [4.78, 5) is 54.5. The zero-order valence-electron chi connectivity index (χ0n) is 36.2. The zero-order chi connectivity index (χ0) is 45.9. The van der Waals surface area contributed by atoms with E-state index in [1.165, 1.54) is 36.4 Å². The summed E-state index contributed by atoms with van der Waals surface area (Å²) >= 11 is 0. The van der Waals surface area contributed by atoms with Crippen LogP contribution in [0.1, 0.15) is 102 Å². The van der Waals surface area contributed by atoms with Crippen molar-refractivity contribution in [3.63, 3.8) is 0 Å². The number of carbonyl (C=O) groups excluding carboxylic acids is 4.